The molecule has 6 heteroatoms. The number of rotatable bonds is 5. The second-order valence-corrected chi connectivity index (χ2v) is 7.57. The molecular weight excluding hydrogens is 362 g/mol. The average Bonchev–Trinajstić information content (AvgIpc) is 3.17. The van der Waals surface area contributed by atoms with Gasteiger partial charge in [-0.15, -0.1) is 0 Å². The molecule has 2 aromatic carbocycles. The summed E-state index contributed by atoms with van der Waals surface area (Å²) in [4.78, 5) is 17.9. The number of benzene rings is 2. The van der Waals surface area contributed by atoms with E-state index in [1.165, 1.54) is 0 Å². The lowest BCUT2D eigenvalue weighted by Gasteiger charge is -2.32. The van der Waals surface area contributed by atoms with Crippen molar-refractivity contribution in [2.45, 2.75) is 25.3 Å². The molecule has 0 bridgehead atoms. The fraction of sp³-hybridized carbons (Fsp3) is 0.304. The van der Waals surface area contributed by atoms with Crippen molar-refractivity contribution in [2.75, 3.05) is 24.5 Å². The Labute approximate surface area is 170 Å². The first-order chi connectivity index (χ1) is 14.1. The molecule has 0 spiro atoms. The number of fused-ring (bicyclic) bond motifs is 1. The summed E-state index contributed by atoms with van der Waals surface area (Å²) in [7, 11) is 0. The van der Waals surface area contributed by atoms with E-state index in [2.05, 4.69) is 21.3 Å². The zero-order valence-corrected chi connectivity index (χ0v) is 16.3. The average molecular weight is 387 g/mol. The maximum Gasteiger partial charge on any atom is 0.251 e. The number of aromatic nitrogens is 1. The van der Waals surface area contributed by atoms with Crippen LogP contribution in [-0.4, -0.2) is 36.6 Å². The second-order valence-electron chi connectivity index (χ2n) is 7.57. The van der Waals surface area contributed by atoms with E-state index in [0.29, 0.717) is 30.1 Å². The van der Waals surface area contributed by atoms with Crippen LogP contribution >= 0.6 is 0 Å². The molecule has 148 valence electrons. The Morgan fingerprint density at radius 2 is 1.97 bits per heavy atom. The van der Waals surface area contributed by atoms with Gasteiger partial charge in [0.25, 0.3) is 5.91 Å². The summed E-state index contributed by atoms with van der Waals surface area (Å²) in [6.45, 7) is 2.47. The molecule has 0 aliphatic carbocycles. The number of hydrogen-bond donors (Lipinski definition) is 3. The number of nitriles is 1. The summed E-state index contributed by atoms with van der Waals surface area (Å²) in [5, 5.41) is 13.1. The minimum absolute atomic E-state index is 0.0716. The monoisotopic (exact) mass is 387 g/mol. The van der Waals surface area contributed by atoms with Crippen molar-refractivity contribution in [3.05, 3.63) is 65.4 Å². The number of amides is 1. The maximum absolute atomic E-state index is 12.4. The molecule has 1 aliphatic rings. The largest absolute Gasteiger partial charge is 0.371 e. The third-order valence-electron chi connectivity index (χ3n) is 5.60. The fourth-order valence-corrected chi connectivity index (χ4v) is 3.82. The van der Waals surface area contributed by atoms with Crippen molar-refractivity contribution in [1.82, 2.24) is 10.3 Å². The Morgan fingerprint density at radius 3 is 2.69 bits per heavy atom. The molecule has 1 fully saturated rings. The van der Waals surface area contributed by atoms with E-state index < -0.39 is 0 Å². The third-order valence-corrected chi connectivity index (χ3v) is 5.60. The first-order valence-corrected chi connectivity index (χ1v) is 10.0. The molecule has 4 N–H and O–H groups in total. The Balaban J connectivity index is 1.32. The van der Waals surface area contributed by atoms with Gasteiger partial charge in [-0.1, -0.05) is 6.07 Å². The van der Waals surface area contributed by atoms with Crippen molar-refractivity contribution in [3.63, 3.8) is 0 Å². The Hall–Kier alpha value is -3.30. The van der Waals surface area contributed by atoms with E-state index in [9.17, 15) is 4.79 Å². The normalized spacial score (nSPS) is 14.7. The van der Waals surface area contributed by atoms with Gasteiger partial charge in [0, 0.05) is 54.0 Å². The Bertz CT molecular complexity index is 1040. The summed E-state index contributed by atoms with van der Waals surface area (Å²) in [5.74, 6) is -0.0716. The van der Waals surface area contributed by atoms with Crippen LogP contribution in [0.3, 0.4) is 0 Å². The van der Waals surface area contributed by atoms with Gasteiger partial charge in [0.05, 0.1) is 5.56 Å². The summed E-state index contributed by atoms with van der Waals surface area (Å²) in [6.07, 6.45) is 4.45. The molecule has 0 atom stereocenters. The van der Waals surface area contributed by atoms with Gasteiger partial charge in [0.1, 0.15) is 6.07 Å². The van der Waals surface area contributed by atoms with Gasteiger partial charge in [0.2, 0.25) is 0 Å². The molecule has 29 heavy (non-hydrogen) atoms. The first-order valence-electron chi connectivity index (χ1n) is 10.0. The van der Waals surface area contributed by atoms with Crippen LogP contribution in [0.5, 0.6) is 0 Å². The lowest BCUT2D eigenvalue weighted by Crippen LogP contribution is -2.39. The SMILES string of the molecule is N#Cc1c[nH]c2ccc(CCNC(=O)c3ccc(N4CCC(N)CC4)cc3)cc12. The van der Waals surface area contributed by atoms with E-state index in [1.54, 1.807) is 6.20 Å². The van der Waals surface area contributed by atoms with Crippen molar-refractivity contribution in [3.8, 4) is 6.07 Å². The smallest absolute Gasteiger partial charge is 0.251 e. The zero-order valence-electron chi connectivity index (χ0n) is 16.3. The molecular formula is C23H25N5O. The van der Waals surface area contributed by atoms with E-state index >= 15 is 0 Å². The molecule has 2 heterocycles. The summed E-state index contributed by atoms with van der Waals surface area (Å²) in [6, 6.07) is 16.3. The molecule has 3 aromatic rings. The van der Waals surface area contributed by atoms with Crippen LogP contribution in [0.2, 0.25) is 0 Å². The maximum atomic E-state index is 12.4. The van der Waals surface area contributed by atoms with Crippen molar-refractivity contribution >= 4 is 22.5 Å². The number of carbonyl (C=O) groups is 1. The van der Waals surface area contributed by atoms with Gasteiger partial charge in [-0.05, 0) is 61.2 Å². The van der Waals surface area contributed by atoms with E-state index in [0.717, 1.165) is 48.1 Å². The lowest BCUT2D eigenvalue weighted by molar-refractivity contribution is 0.0954. The van der Waals surface area contributed by atoms with Gasteiger partial charge in [-0.25, -0.2) is 0 Å². The second kappa shape index (κ2) is 8.38. The highest BCUT2D eigenvalue weighted by Crippen LogP contribution is 2.21. The summed E-state index contributed by atoms with van der Waals surface area (Å²) >= 11 is 0. The fourth-order valence-electron chi connectivity index (χ4n) is 3.82. The minimum Gasteiger partial charge on any atom is -0.371 e. The van der Waals surface area contributed by atoms with Crippen LogP contribution in [0, 0.1) is 11.3 Å². The lowest BCUT2D eigenvalue weighted by atomic mass is 10.0. The zero-order chi connectivity index (χ0) is 20.2. The quantitative estimate of drug-likeness (QED) is 0.627. The van der Waals surface area contributed by atoms with Crippen LogP contribution in [-0.2, 0) is 6.42 Å². The minimum atomic E-state index is -0.0716. The number of aromatic amines is 1. The Morgan fingerprint density at radius 1 is 1.21 bits per heavy atom. The highest BCUT2D eigenvalue weighted by Gasteiger charge is 2.16. The number of piperidine rings is 1. The van der Waals surface area contributed by atoms with E-state index in [1.807, 2.05) is 42.5 Å². The van der Waals surface area contributed by atoms with Gasteiger partial charge in [0.15, 0.2) is 0 Å². The van der Waals surface area contributed by atoms with Crippen molar-refractivity contribution in [1.29, 1.82) is 5.26 Å². The molecule has 0 unspecified atom stereocenters. The van der Waals surface area contributed by atoms with Crippen molar-refractivity contribution < 1.29 is 4.79 Å². The number of hydrogen-bond acceptors (Lipinski definition) is 4. The molecule has 0 radical (unpaired) electrons. The molecule has 4 rings (SSSR count). The number of anilines is 1. The van der Waals surface area contributed by atoms with Crippen LogP contribution < -0.4 is 16.0 Å². The van der Waals surface area contributed by atoms with E-state index in [4.69, 9.17) is 11.0 Å². The van der Waals surface area contributed by atoms with E-state index in [-0.39, 0.29) is 5.91 Å². The number of nitrogens with two attached hydrogens (primary N) is 1. The van der Waals surface area contributed by atoms with Gasteiger partial charge < -0.3 is 20.9 Å². The number of carbonyl (C=O) groups excluding carboxylic acids is 1. The summed E-state index contributed by atoms with van der Waals surface area (Å²) < 4.78 is 0. The van der Waals surface area contributed by atoms with Gasteiger partial charge in [-0.3, -0.25) is 4.79 Å². The molecule has 1 amide bonds. The third kappa shape index (κ3) is 4.25. The highest BCUT2D eigenvalue weighted by molar-refractivity contribution is 5.94. The molecule has 1 aliphatic heterocycles. The van der Waals surface area contributed by atoms with Crippen LogP contribution in [0.25, 0.3) is 10.9 Å². The predicted octanol–water partition coefficient (Wildman–Crippen LogP) is 2.94. The molecule has 1 aromatic heterocycles. The molecule has 6 nitrogen and oxygen atoms in total. The highest BCUT2D eigenvalue weighted by atomic mass is 16.1. The first kappa shape index (κ1) is 19.0. The topological polar surface area (TPSA) is 97.9 Å². The van der Waals surface area contributed by atoms with Gasteiger partial charge in [-0.2, -0.15) is 5.26 Å². The Kier molecular flexibility index (Phi) is 5.50. The standard InChI is InChI=1S/C23H25N5O/c24-14-18-15-27-22-6-1-16(13-21(18)22)7-10-26-23(29)17-2-4-20(5-3-17)28-11-8-19(25)9-12-28/h1-6,13,15,19,27H,7-12,25H2,(H,26,29). The molecule has 0 saturated carbocycles. The van der Waals surface area contributed by atoms with Crippen LogP contribution in [0.1, 0.15) is 34.3 Å². The predicted molar refractivity (Wildman–Crippen MR) is 115 cm³/mol. The molecule has 1 saturated heterocycles. The van der Waals surface area contributed by atoms with Crippen LogP contribution in [0.15, 0.2) is 48.7 Å². The van der Waals surface area contributed by atoms with Crippen molar-refractivity contribution in [2.24, 2.45) is 5.73 Å². The van der Waals surface area contributed by atoms with Gasteiger partial charge >= 0.3 is 0 Å². The number of nitrogens with zero attached hydrogens (tertiary/aromatic N) is 2. The number of nitrogens with one attached hydrogen (secondary N) is 2. The van der Waals surface area contributed by atoms with Crippen LogP contribution in [0.4, 0.5) is 5.69 Å². The number of H-pyrrole nitrogens is 1. The summed E-state index contributed by atoms with van der Waals surface area (Å²) in [5.41, 5.74) is 10.5.